The number of halogens is 2. The van der Waals surface area contributed by atoms with Crippen molar-refractivity contribution in [2.45, 2.75) is 25.2 Å². The largest absolute Gasteiger partial charge is 0.487 e. The first-order valence-corrected chi connectivity index (χ1v) is 14.7. The number of hydrogen-bond acceptors (Lipinski definition) is 9. The van der Waals surface area contributed by atoms with E-state index < -0.39 is 0 Å². The Morgan fingerprint density at radius 2 is 2.10 bits per heavy atom. The van der Waals surface area contributed by atoms with Crippen molar-refractivity contribution in [3.05, 3.63) is 76.1 Å². The molecule has 2 aromatic carbocycles. The SMILES string of the molecule is O=C(O[C@H]1CN[C@H](C#Cc2cc3ncnc(Nc4ccc(OCc5cccc(F)c5)c(Cl)c4)c3s2)C1)N1CCOCC1. The number of nitrogens with zero attached hydrogens (tertiary/aromatic N) is 3. The van der Waals surface area contributed by atoms with Gasteiger partial charge in [0.15, 0.2) is 5.82 Å². The van der Waals surface area contributed by atoms with Crippen molar-refractivity contribution >= 4 is 50.8 Å². The molecule has 0 spiro atoms. The number of aromatic nitrogens is 2. The van der Waals surface area contributed by atoms with Gasteiger partial charge < -0.3 is 24.4 Å². The summed E-state index contributed by atoms with van der Waals surface area (Å²) in [6.45, 7) is 2.96. The van der Waals surface area contributed by atoms with Crippen molar-refractivity contribution in [2.24, 2.45) is 0 Å². The molecule has 0 saturated carbocycles. The fourth-order valence-electron chi connectivity index (χ4n) is 4.65. The molecular formula is C30H27ClFN5O4S. The summed E-state index contributed by atoms with van der Waals surface area (Å²) in [5.41, 5.74) is 2.22. The average Bonchev–Trinajstić information content (AvgIpc) is 3.63. The molecular weight excluding hydrogens is 581 g/mol. The van der Waals surface area contributed by atoms with Crippen LogP contribution in [0.2, 0.25) is 5.02 Å². The topological polar surface area (TPSA) is 97.8 Å². The summed E-state index contributed by atoms with van der Waals surface area (Å²) in [5.74, 6) is 7.30. The first-order valence-electron chi connectivity index (χ1n) is 13.5. The molecule has 0 unspecified atom stereocenters. The molecule has 2 N–H and O–H groups in total. The number of benzene rings is 2. The third-order valence-corrected chi connectivity index (χ3v) is 8.13. The Kier molecular flexibility index (Phi) is 8.67. The van der Waals surface area contributed by atoms with E-state index in [9.17, 15) is 9.18 Å². The lowest BCUT2D eigenvalue weighted by molar-refractivity contribution is 0.0156. The number of rotatable bonds is 6. The van der Waals surface area contributed by atoms with Gasteiger partial charge in [-0.15, -0.1) is 11.3 Å². The summed E-state index contributed by atoms with van der Waals surface area (Å²) in [7, 11) is 0. The van der Waals surface area contributed by atoms with Crippen LogP contribution in [0.15, 0.2) is 54.9 Å². The molecule has 2 aromatic heterocycles. The van der Waals surface area contributed by atoms with E-state index >= 15 is 0 Å². The first-order chi connectivity index (χ1) is 20.5. The quantitative estimate of drug-likeness (QED) is 0.283. The van der Waals surface area contributed by atoms with E-state index in [1.165, 1.54) is 29.8 Å². The van der Waals surface area contributed by atoms with Gasteiger partial charge in [-0.1, -0.05) is 35.6 Å². The summed E-state index contributed by atoms with van der Waals surface area (Å²) in [4.78, 5) is 23.7. The van der Waals surface area contributed by atoms with Crippen molar-refractivity contribution in [3.63, 3.8) is 0 Å². The van der Waals surface area contributed by atoms with Crippen molar-refractivity contribution in [1.29, 1.82) is 0 Å². The molecule has 2 saturated heterocycles. The van der Waals surface area contributed by atoms with Crippen molar-refractivity contribution in [3.8, 4) is 17.6 Å². The molecule has 12 heteroatoms. The van der Waals surface area contributed by atoms with Gasteiger partial charge in [-0.2, -0.15) is 0 Å². The normalized spacial score (nSPS) is 18.4. The van der Waals surface area contributed by atoms with Gasteiger partial charge in [0.25, 0.3) is 0 Å². The van der Waals surface area contributed by atoms with E-state index in [2.05, 4.69) is 32.4 Å². The monoisotopic (exact) mass is 607 g/mol. The maximum atomic E-state index is 13.4. The number of anilines is 2. The molecule has 6 rings (SSSR count). The second-order valence-corrected chi connectivity index (χ2v) is 11.3. The van der Waals surface area contributed by atoms with Gasteiger partial charge >= 0.3 is 6.09 Å². The minimum absolute atomic E-state index is 0.0785. The molecule has 4 aromatic rings. The molecule has 0 aliphatic carbocycles. The predicted molar refractivity (Wildman–Crippen MR) is 159 cm³/mol. The van der Waals surface area contributed by atoms with Crippen LogP contribution in [0.4, 0.5) is 20.7 Å². The standard InChI is InChI=1S/C30H27ClFN5O4S/c31-25-14-22(5-7-27(25)40-17-19-2-1-3-20(32)12-19)36-29-28-26(34-18-35-29)15-24(42-28)6-4-21-13-23(16-33-21)41-30(38)37-8-10-39-11-9-37/h1-3,5,7,12,14-15,18,21,23,33H,8-11,13,16-17H2,(H,34,35,36)/t21-,23-/m1/s1. The number of morpholine rings is 1. The van der Waals surface area contributed by atoms with Gasteiger partial charge in [0.05, 0.1) is 39.4 Å². The van der Waals surface area contributed by atoms with Crippen molar-refractivity contribution in [1.82, 2.24) is 20.2 Å². The zero-order valence-corrected chi connectivity index (χ0v) is 24.0. The predicted octanol–water partition coefficient (Wildman–Crippen LogP) is 5.36. The van der Waals surface area contributed by atoms with Crippen molar-refractivity contribution < 1.29 is 23.4 Å². The zero-order chi connectivity index (χ0) is 28.9. The first kappa shape index (κ1) is 28.2. The summed E-state index contributed by atoms with van der Waals surface area (Å²) in [5, 5.41) is 7.05. The minimum atomic E-state index is -0.313. The lowest BCUT2D eigenvalue weighted by atomic mass is 10.2. The highest BCUT2D eigenvalue weighted by Gasteiger charge is 2.28. The zero-order valence-electron chi connectivity index (χ0n) is 22.4. The molecule has 42 heavy (non-hydrogen) atoms. The van der Waals surface area contributed by atoms with Gasteiger partial charge in [0, 0.05) is 31.7 Å². The fraction of sp³-hybridized carbons (Fsp3) is 0.300. The second-order valence-electron chi connectivity index (χ2n) is 9.81. The maximum absolute atomic E-state index is 13.4. The second kappa shape index (κ2) is 12.9. The molecule has 2 fully saturated rings. The van der Waals surface area contributed by atoms with E-state index in [0.29, 0.717) is 61.4 Å². The van der Waals surface area contributed by atoms with Crippen LogP contribution in [0.3, 0.4) is 0 Å². The van der Waals surface area contributed by atoms with Gasteiger partial charge in [0.1, 0.15) is 30.6 Å². The van der Waals surface area contributed by atoms with E-state index in [0.717, 1.165) is 20.8 Å². The van der Waals surface area contributed by atoms with Crippen LogP contribution < -0.4 is 15.4 Å². The highest BCUT2D eigenvalue weighted by molar-refractivity contribution is 7.20. The van der Waals surface area contributed by atoms with Gasteiger partial charge in [-0.25, -0.2) is 19.2 Å². The third kappa shape index (κ3) is 6.91. The number of carbonyl (C=O) groups is 1. The molecule has 0 radical (unpaired) electrons. The highest BCUT2D eigenvalue weighted by atomic mass is 35.5. The minimum Gasteiger partial charge on any atom is -0.487 e. The van der Waals surface area contributed by atoms with Crippen LogP contribution in [0.25, 0.3) is 10.2 Å². The molecule has 2 aliphatic heterocycles. The number of amides is 1. The lowest BCUT2D eigenvalue weighted by Gasteiger charge is -2.27. The summed E-state index contributed by atoms with van der Waals surface area (Å²) >= 11 is 7.96. The molecule has 0 bridgehead atoms. The lowest BCUT2D eigenvalue weighted by Crippen LogP contribution is -2.42. The van der Waals surface area contributed by atoms with Crippen molar-refractivity contribution in [2.75, 3.05) is 38.2 Å². The van der Waals surface area contributed by atoms with Crippen LogP contribution >= 0.6 is 22.9 Å². The Labute approximate surface area is 251 Å². The van der Waals surface area contributed by atoms with Crippen LogP contribution in [0, 0.1) is 17.7 Å². The Morgan fingerprint density at radius 3 is 2.93 bits per heavy atom. The van der Waals surface area contributed by atoms with E-state index in [4.69, 9.17) is 25.8 Å². The van der Waals surface area contributed by atoms with Gasteiger partial charge in [-0.05, 0) is 42.0 Å². The Morgan fingerprint density at radius 1 is 1.21 bits per heavy atom. The van der Waals surface area contributed by atoms with Crippen LogP contribution in [0.5, 0.6) is 5.75 Å². The molecule has 216 valence electrons. The van der Waals surface area contributed by atoms with E-state index in [1.807, 2.05) is 12.1 Å². The Hall–Kier alpha value is -3.95. The van der Waals surface area contributed by atoms with Crippen LogP contribution in [-0.2, 0) is 16.1 Å². The molecule has 2 aliphatic rings. The average molecular weight is 608 g/mol. The number of hydrogen-bond donors (Lipinski definition) is 2. The number of fused-ring (bicyclic) bond motifs is 1. The summed E-state index contributed by atoms with van der Waals surface area (Å²) < 4.78 is 31.0. The van der Waals surface area contributed by atoms with Gasteiger partial charge in [-0.3, -0.25) is 5.32 Å². The number of carbonyl (C=O) groups excluding carboxylic acids is 1. The summed E-state index contributed by atoms with van der Waals surface area (Å²) in [6, 6.07) is 13.4. The maximum Gasteiger partial charge on any atom is 0.410 e. The van der Waals surface area contributed by atoms with Gasteiger partial charge in [0.2, 0.25) is 0 Å². The van der Waals surface area contributed by atoms with Crippen LogP contribution in [0.1, 0.15) is 16.9 Å². The third-order valence-electron chi connectivity index (χ3n) is 6.79. The van der Waals surface area contributed by atoms with Crippen LogP contribution in [-0.4, -0.2) is 66.0 Å². The van der Waals surface area contributed by atoms with E-state index in [-0.39, 0.29) is 30.7 Å². The van der Waals surface area contributed by atoms with E-state index in [1.54, 1.807) is 29.2 Å². The fourth-order valence-corrected chi connectivity index (χ4v) is 5.80. The Bertz CT molecular complexity index is 1650. The number of ether oxygens (including phenoxy) is 3. The molecule has 1 amide bonds. The molecule has 2 atom stereocenters. The number of thiophene rings is 1. The number of nitrogens with one attached hydrogen (secondary N) is 2. The molecule has 9 nitrogen and oxygen atoms in total. The molecule has 4 heterocycles. The smallest absolute Gasteiger partial charge is 0.410 e. The highest BCUT2D eigenvalue weighted by Crippen LogP contribution is 2.33. The summed E-state index contributed by atoms with van der Waals surface area (Å²) in [6.07, 6.45) is 1.62. The Balaban J connectivity index is 1.07.